The van der Waals surface area contributed by atoms with Gasteiger partial charge in [-0.15, -0.1) is 12.8 Å². The number of carbonyl (C=O) groups excluding carboxylic acids is 2. The zero-order valence-electron chi connectivity index (χ0n) is 20.5. The van der Waals surface area contributed by atoms with Crippen LogP contribution in [0, 0.1) is 12.8 Å². The number of nitrogens with one attached hydrogen (secondary N) is 2. The number of rotatable bonds is 8. The first kappa shape index (κ1) is 28.0. The lowest BCUT2D eigenvalue weighted by Gasteiger charge is -2.24. The average molecular weight is 467 g/mol. The molecule has 1 aromatic heterocycles. The van der Waals surface area contributed by atoms with E-state index in [0.29, 0.717) is 11.5 Å². The van der Waals surface area contributed by atoms with Gasteiger partial charge in [0.1, 0.15) is 18.0 Å². The Morgan fingerprint density at radius 3 is 2.59 bits per heavy atom. The van der Waals surface area contributed by atoms with Gasteiger partial charge in [0.15, 0.2) is 0 Å². The van der Waals surface area contributed by atoms with E-state index < -0.39 is 11.7 Å². The molecule has 2 aromatic rings. The predicted molar refractivity (Wildman–Crippen MR) is 138 cm³/mol. The van der Waals surface area contributed by atoms with Crippen molar-refractivity contribution >= 4 is 41.6 Å². The van der Waals surface area contributed by atoms with Gasteiger partial charge in [0, 0.05) is 31.0 Å². The van der Waals surface area contributed by atoms with E-state index in [2.05, 4.69) is 40.4 Å². The Morgan fingerprint density at radius 1 is 1.24 bits per heavy atom. The standard InChI is InChI=1S/C23H32N6O3.C2H2/c1-6-12-25-20-17(14-26-21(24)28-20)11-10-16-8-7-9-18(13-16)27-19(30)15-29(5)22(31)32-23(2,3)4;1-2/h7-11,13-14H,6,12,15H2,1-5H3,(H,27,30)(H3,24,25,26,28);1-2H/b11-10+;. The second kappa shape index (κ2) is 13.5. The van der Waals surface area contributed by atoms with E-state index in [-0.39, 0.29) is 18.4 Å². The highest BCUT2D eigenvalue weighted by atomic mass is 16.6. The van der Waals surface area contributed by atoms with Gasteiger partial charge in [0.2, 0.25) is 11.9 Å². The zero-order valence-corrected chi connectivity index (χ0v) is 20.5. The van der Waals surface area contributed by atoms with Gasteiger partial charge in [-0.2, -0.15) is 4.98 Å². The molecule has 2 amide bonds. The van der Waals surface area contributed by atoms with E-state index in [1.807, 2.05) is 30.4 Å². The quantitative estimate of drug-likeness (QED) is 0.500. The first-order valence-electron chi connectivity index (χ1n) is 10.8. The van der Waals surface area contributed by atoms with Gasteiger partial charge in [0.05, 0.1) is 0 Å². The molecule has 0 spiro atoms. The average Bonchev–Trinajstić information content (AvgIpc) is 2.77. The molecule has 0 aliphatic rings. The highest BCUT2D eigenvalue weighted by molar-refractivity contribution is 5.94. The third kappa shape index (κ3) is 10.0. The van der Waals surface area contributed by atoms with Crippen LogP contribution in [0.1, 0.15) is 45.2 Å². The number of aromatic nitrogens is 2. The second-order valence-corrected chi connectivity index (χ2v) is 8.30. The number of hydrogen-bond acceptors (Lipinski definition) is 7. The molecule has 4 N–H and O–H groups in total. The molecule has 0 saturated carbocycles. The Bertz CT molecular complexity index is 1010. The minimum Gasteiger partial charge on any atom is -0.444 e. The summed E-state index contributed by atoms with van der Waals surface area (Å²) in [7, 11) is 1.52. The number of ether oxygens (including phenoxy) is 1. The van der Waals surface area contributed by atoms with Gasteiger partial charge in [-0.3, -0.25) is 4.79 Å². The van der Waals surface area contributed by atoms with Gasteiger partial charge in [-0.05, 0) is 51.0 Å². The van der Waals surface area contributed by atoms with E-state index >= 15 is 0 Å². The highest BCUT2D eigenvalue weighted by Crippen LogP contribution is 2.18. The molecule has 0 atom stereocenters. The molecule has 0 bridgehead atoms. The number of benzene rings is 1. The molecule has 0 radical (unpaired) electrons. The molecule has 2 rings (SSSR count). The van der Waals surface area contributed by atoms with Crippen LogP contribution < -0.4 is 16.4 Å². The molecular formula is C25H34N6O3. The normalized spacial score (nSPS) is 10.7. The van der Waals surface area contributed by atoms with Gasteiger partial charge >= 0.3 is 6.09 Å². The maximum Gasteiger partial charge on any atom is 0.410 e. The van der Waals surface area contributed by atoms with Crippen LogP contribution in [0.15, 0.2) is 30.5 Å². The number of carbonyl (C=O) groups is 2. The molecule has 0 aliphatic carbocycles. The lowest BCUT2D eigenvalue weighted by Crippen LogP contribution is -2.38. The van der Waals surface area contributed by atoms with Gasteiger partial charge < -0.3 is 26.0 Å². The summed E-state index contributed by atoms with van der Waals surface area (Å²) >= 11 is 0. The maximum atomic E-state index is 12.3. The lowest BCUT2D eigenvalue weighted by atomic mass is 10.1. The molecule has 0 unspecified atom stereocenters. The number of likely N-dealkylation sites (N-methyl/N-ethyl adjacent to an activating group) is 1. The minimum atomic E-state index is -0.621. The highest BCUT2D eigenvalue weighted by Gasteiger charge is 2.21. The molecule has 0 saturated heterocycles. The molecule has 34 heavy (non-hydrogen) atoms. The van der Waals surface area contributed by atoms with Gasteiger partial charge in [0.25, 0.3) is 0 Å². The second-order valence-electron chi connectivity index (χ2n) is 8.30. The lowest BCUT2D eigenvalue weighted by molar-refractivity contribution is -0.117. The first-order chi connectivity index (χ1) is 16.1. The first-order valence-corrected chi connectivity index (χ1v) is 10.8. The summed E-state index contributed by atoms with van der Waals surface area (Å²) in [5.74, 6) is 0.560. The predicted octanol–water partition coefficient (Wildman–Crippen LogP) is 4.11. The van der Waals surface area contributed by atoms with Crippen LogP contribution in [0.3, 0.4) is 0 Å². The van der Waals surface area contributed by atoms with E-state index in [9.17, 15) is 9.59 Å². The fourth-order valence-corrected chi connectivity index (χ4v) is 2.64. The number of nitrogens with two attached hydrogens (primary N) is 1. The van der Waals surface area contributed by atoms with Crippen LogP contribution in [0.2, 0.25) is 0 Å². The van der Waals surface area contributed by atoms with Crippen LogP contribution in [0.25, 0.3) is 12.2 Å². The van der Waals surface area contributed by atoms with Crippen molar-refractivity contribution in [3.63, 3.8) is 0 Å². The Kier molecular flexibility index (Phi) is 11.1. The van der Waals surface area contributed by atoms with Crippen LogP contribution >= 0.6 is 0 Å². The van der Waals surface area contributed by atoms with Crippen LogP contribution in [-0.2, 0) is 9.53 Å². The Labute approximate surface area is 201 Å². The van der Waals surface area contributed by atoms with E-state index in [1.165, 1.54) is 11.9 Å². The summed E-state index contributed by atoms with van der Waals surface area (Å²) in [5, 5.41) is 6.04. The molecule has 0 aliphatic heterocycles. The van der Waals surface area contributed by atoms with Gasteiger partial charge in [-0.1, -0.05) is 25.1 Å². The molecule has 9 heteroatoms. The topological polar surface area (TPSA) is 122 Å². The molecule has 1 heterocycles. The van der Waals surface area contributed by atoms with Gasteiger partial charge in [-0.25, -0.2) is 9.78 Å². The van der Waals surface area contributed by atoms with Crippen molar-refractivity contribution in [1.29, 1.82) is 0 Å². The van der Waals surface area contributed by atoms with Crippen molar-refractivity contribution in [2.24, 2.45) is 0 Å². The fourth-order valence-electron chi connectivity index (χ4n) is 2.64. The minimum absolute atomic E-state index is 0.121. The zero-order chi connectivity index (χ0) is 25.7. The number of hydrogen-bond donors (Lipinski definition) is 3. The monoisotopic (exact) mass is 466 g/mol. The van der Waals surface area contributed by atoms with Crippen molar-refractivity contribution in [2.75, 3.05) is 36.5 Å². The largest absolute Gasteiger partial charge is 0.444 e. The van der Waals surface area contributed by atoms with Crippen molar-refractivity contribution < 1.29 is 14.3 Å². The molecule has 9 nitrogen and oxygen atoms in total. The molecular weight excluding hydrogens is 432 g/mol. The third-order valence-corrected chi connectivity index (χ3v) is 4.09. The number of amides is 2. The summed E-state index contributed by atoms with van der Waals surface area (Å²) < 4.78 is 5.26. The number of terminal acetylenes is 1. The van der Waals surface area contributed by atoms with Crippen LogP contribution in [-0.4, -0.2) is 52.6 Å². The van der Waals surface area contributed by atoms with Crippen LogP contribution in [0.5, 0.6) is 0 Å². The Morgan fingerprint density at radius 2 is 1.94 bits per heavy atom. The number of nitrogen functional groups attached to an aromatic ring is 1. The summed E-state index contributed by atoms with van der Waals surface area (Å²) in [6.45, 7) is 8.05. The third-order valence-electron chi connectivity index (χ3n) is 4.09. The van der Waals surface area contributed by atoms with E-state index in [1.54, 1.807) is 33.0 Å². The van der Waals surface area contributed by atoms with Crippen LogP contribution in [0.4, 0.5) is 22.2 Å². The van der Waals surface area contributed by atoms with E-state index in [4.69, 9.17) is 10.5 Å². The van der Waals surface area contributed by atoms with E-state index in [0.717, 1.165) is 24.1 Å². The smallest absolute Gasteiger partial charge is 0.410 e. The van der Waals surface area contributed by atoms with Crippen molar-refractivity contribution in [3.8, 4) is 12.8 Å². The fraction of sp³-hybridized carbons (Fsp3) is 0.360. The summed E-state index contributed by atoms with van der Waals surface area (Å²) in [4.78, 5) is 33.9. The Hall–Kier alpha value is -4.06. The SMILES string of the molecule is C#C.CCCNc1nc(N)ncc1/C=C/c1cccc(NC(=O)CN(C)C(=O)OC(C)(C)C)c1. The van der Waals surface area contributed by atoms with Crippen molar-refractivity contribution in [3.05, 3.63) is 41.6 Å². The summed E-state index contributed by atoms with van der Waals surface area (Å²) in [6, 6.07) is 7.36. The summed E-state index contributed by atoms with van der Waals surface area (Å²) in [5.41, 5.74) is 7.38. The molecule has 182 valence electrons. The molecule has 1 aromatic carbocycles. The maximum absolute atomic E-state index is 12.3. The number of anilines is 3. The summed E-state index contributed by atoms with van der Waals surface area (Å²) in [6.07, 6.45) is 13.8. The van der Waals surface area contributed by atoms with Crippen molar-refractivity contribution in [1.82, 2.24) is 14.9 Å². The van der Waals surface area contributed by atoms with Crippen molar-refractivity contribution in [2.45, 2.75) is 39.7 Å². The number of nitrogens with zero attached hydrogens (tertiary/aromatic N) is 3. The molecule has 0 fully saturated rings. The Balaban J connectivity index is 0.00000281.